The number of nitrogens with one attached hydrogen (secondary N) is 2. The van der Waals surface area contributed by atoms with Crippen LogP contribution in [0.2, 0.25) is 10.0 Å². The third-order valence-corrected chi connectivity index (χ3v) is 7.21. The van der Waals surface area contributed by atoms with Gasteiger partial charge in [0, 0.05) is 36.8 Å². The second kappa shape index (κ2) is 12.4. The number of aliphatic hydroxyl groups is 1. The van der Waals surface area contributed by atoms with E-state index in [1.165, 1.54) is 17.7 Å². The number of primary amides is 1. The average Bonchev–Trinajstić information content (AvgIpc) is 3.20. The van der Waals surface area contributed by atoms with Gasteiger partial charge in [0.25, 0.3) is 6.43 Å². The topological polar surface area (TPSA) is 103 Å². The van der Waals surface area contributed by atoms with Gasteiger partial charge in [0.2, 0.25) is 0 Å². The molecular weight excluding hydrogens is 527 g/mol. The number of halogens is 4. The lowest BCUT2D eigenvalue weighted by atomic mass is 10.0. The van der Waals surface area contributed by atoms with E-state index < -0.39 is 25.2 Å². The zero-order chi connectivity index (χ0) is 26.5. The molecule has 0 radical (unpaired) electrons. The summed E-state index contributed by atoms with van der Waals surface area (Å²) in [5.41, 5.74) is 7.32. The lowest BCUT2D eigenvalue weighted by Crippen LogP contribution is -2.49. The zero-order valence-electron chi connectivity index (χ0n) is 20.2. The van der Waals surface area contributed by atoms with Gasteiger partial charge in [0.05, 0.1) is 28.5 Å². The standard InChI is InChI=1S/C25H31Cl2F2N5O3/c26-16-3-1-15(2-4-16)11-33-7-5-17(6-8-33)31-20-12-34(13-22(20)35)21-10-23(37-14-24(28)29)18(27)9-19(21)32-25(30)36/h1-4,9-10,17,20,22,24,31,35H,5-8,11-14H2,(H3,30,32,36)/t20?,22-/m1/s1. The van der Waals surface area contributed by atoms with Gasteiger partial charge in [-0.05, 0) is 49.7 Å². The number of piperidine rings is 1. The predicted octanol–water partition coefficient (Wildman–Crippen LogP) is 3.93. The van der Waals surface area contributed by atoms with Crippen LogP contribution in [-0.4, -0.2) is 73.4 Å². The number of likely N-dealkylation sites (tertiary alicyclic amines) is 1. The van der Waals surface area contributed by atoms with Gasteiger partial charge in [-0.25, -0.2) is 13.6 Å². The summed E-state index contributed by atoms with van der Waals surface area (Å²) in [6, 6.07) is 10.0. The molecule has 8 nitrogen and oxygen atoms in total. The number of hydrogen-bond donors (Lipinski definition) is 4. The first-order valence-electron chi connectivity index (χ1n) is 12.1. The molecule has 2 aliphatic heterocycles. The number of nitrogens with two attached hydrogens (primary N) is 1. The molecule has 0 saturated carbocycles. The van der Waals surface area contributed by atoms with Crippen molar-refractivity contribution in [2.75, 3.05) is 43.0 Å². The highest BCUT2D eigenvalue weighted by Gasteiger charge is 2.35. The Morgan fingerprint density at radius 2 is 1.86 bits per heavy atom. The molecule has 0 aliphatic carbocycles. The van der Waals surface area contributed by atoms with Crippen molar-refractivity contribution in [1.82, 2.24) is 10.2 Å². The molecule has 2 aromatic rings. The number of aliphatic hydroxyl groups excluding tert-OH is 1. The summed E-state index contributed by atoms with van der Waals surface area (Å²) in [6.45, 7) is 2.63. The molecule has 2 atom stereocenters. The molecule has 0 aromatic heterocycles. The van der Waals surface area contributed by atoms with E-state index in [0.29, 0.717) is 17.9 Å². The van der Waals surface area contributed by atoms with Crippen LogP contribution in [-0.2, 0) is 6.54 Å². The van der Waals surface area contributed by atoms with E-state index in [4.69, 9.17) is 33.7 Å². The molecule has 2 amide bonds. The Morgan fingerprint density at radius 3 is 2.51 bits per heavy atom. The highest BCUT2D eigenvalue weighted by atomic mass is 35.5. The Hall–Kier alpha value is -2.37. The summed E-state index contributed by atoms with van der Waals surface area (Å²) in [6.07, 6.45) is -1.45. The predicted molar refractivity (Wildman–Crippen MR) is 141 cm³/mol. The van der Waals surface area contributed by atoms with Gasteiger partial charge in [-0.2, -0.15) is 0 Å². The van der Waals surface area contributed by atoms with Crippen LogP contribution < -0.4 is 26.0 Å². The summed E-state index contributed by atoms with van der Waals surface area (Å²) in [7, 11) is 0. The summed E-state index contributed by atoms with van der Waals surface area (Å²) < 4.78 is 30.5. The third kappa shape index (κ3) is 7.58. The molecule has 2 aliphatic rings. The molecule has 37 heavy (non-hydrogen) atoms. The molecule has 2 saturated heterocycles. The van der Waals surface area contributed by atoms with Crippen molar-refractivity contribution in [3.63, 3.8) is 0 Å². The van der Waals surface area contributed by atoms with Gasteiger partial charge in [0.15, 0.2) is 0 Å². The van der Waals surface area contributed by atoms with E-state index in [0.717, 1.165) is 37.5 Å². The van der Waals surface area contributed by atoms with Crippen LogP contribution in [0.25, 0.3) is 0 Å². The van der Waals surface area contributed by atoms with Crippen LogP contribution >= 0.6 is 23.2 Å². The van der Waals surface area contributed by atoms with Crippen LogP contribution in [0, 0.1) is 0 Å². The minimum absolute atomic E-state index is 0.0611. The molecule has 2 fully saturated rings. The number of anilines is 2. The second-order valence-electron chi connectivity index (χ2n) is 9.41. The van der Waals surface area contributed by atoms with Crippen LogP contribution in [0.4, 0.5) is 25.0 Å². The fourth-order valence-corrected chi connectivity index (χ4v) is 5.20. The zero-order valence-corrected chi connectivity index (χ0v) is 21.7. The van der Waals surface area contributed by atoms with Crippen molar-refractivity contribution in [2.24, 2.45) is 5.73 Å². The Labute approximate surface area is 224 Å². The van der Waals surface area contributed by atoms with Crippen LogP contribution in [0.1, 0.15) is 18.4 Å². The Bertz CT molecular complexity index is 1070. The SMILES string of the molecule is NC(=O)Nc1cc(Cl)c(OCC(F)F)cc1N1CC(NC2CCN(Cc3ccc(Cl)cc3)CC2)[C@H](O)C1. The molecule has 1 unspecified atom stereocenters. The first-order valence-corrected chi connectivity index (χ1v) is 12.9. The fourth-order valence-electron chi connectivity index (χ4n) is 4.86. The number of alkyl halides is 2. The third-order valence-electron chi connectivity index (χ3n) is 6.66. The lowest BCUT2D eigenvalue weighted by molar-refractivity contribution is 0.0820. The average molecular weight is 558 g/mol. The number of nitrogens with zero attached hydrogens (tertiary/aromatic N) is 2. The number of benzene rings is 2. The Balaban J connectivity index is 1.37. The number of urea groups is 1. The van der Waals surface area contributed by atoms with Gasteiger partial charge in [-0.3, -0.25) is 4.90 Å². The molecule has 2 aromatic carbocycles. The quantitative estimate of drug-likeness (QED) is 0.372. The number of carbonyl (C=O) groups is 1. The van der Waals surface area contributed by atoms with E-state index in [1.807, 2.05) is 29.2 Å². The Kier molecular flexibility index (Phi) is 9.31. The van der Waals surface area contributed by atoms with Crippen molar-refractivity contribution in [1.29, 1.82) is 0 Å². The van der Waals surface area contributed by atoms with Gasteiger partial charge in [-0.15, -0.1) is 0 Å². The monoisotopic (exact) mass is 557 g/mol. The van der Waals surface area contributed by atoms with E-state index in [9.17, 15) is 18.7 Å². The van der Waals surface area contributed by atoms with Crippen molar-refractivity contribution >= 4 is 40.6 Å². The normalized spacial score (nSPS) is 21.0. The molecule has 202 valence electrons. The first-order chi connectivity index (χ1) is 17.7. The summed E-state index contributed by atoms with van der Waals surface area (Å²) in [5.74, 6) is 0.0611. The maximum atomic E-state index is 12.7. The number of amides is 2. The number of carbonyl (C=O) groups excluding carboxylic acids is 1. The maximum Gasteiger partial charge on any atom is 0.316 e. The summed E-state index contributed by atoms with van der Waals surface area (Å²) in [5, 5.41) is 17.7. The van der Waals surface area contributed by atoms with Crippen molar-refractivity contribution in [2.45, 2.75) is 44.0 Å². The largest absolute Gasteiger partial charge is 0.486 e. The number of β-amino-alcohol motifs (C(OH)–C–C–N with tert-alkyl or cyclic N) is 1. The first kappa shape index (κ1) is 27.7. The van der Waals surface area contributed by atoms with E-state index >= 15 is 0 Å². The molecule has 0 bridgehead atoms. The minimum Gasteiger partial charge on any atom is -0.486 e. The number of hydrogen-bond acceptors (Lipinski definition) is 6. The molecule has 4 rings (SSSR count). The van der Waals surface area contributed by atoms with E-state index in [-0.39, 0.29) is 29.4 Å². The van der Waals surface area contributed by atoms with Crippen molar-refractivity contribution in [3.8, 4) is 5.75 Å². The van der Waals surface area contributed by atoms with Crippen LogP contribution in [0.3, 0.4) is 0 Å². The van der Waals surface area contributed by atoms with E-state index in [2.05, 4.69) is 15.5 Å². The highest BCUT2D eigenvalue weighted by molar-refractivity contribution is 6.32. The Morgan fingerprint density at radius 1 is 1.16 bits per heavy atom. The molecule has 0 spiro atoms. The maximum absolute atomic E-state index is 12.7. The van der Waals surface area contributed by atoms with E-state index in [1.54, 1.807) is 0 Å². The van der Waals surface area contributed by atoms with Crippen molar-refractivity contribution < 1.29 is 23.4 Å². The van der Waals surface area contributed by atoms with Crippen LogP contribution in [0.5, 0.6) is 5.75 Å². The highest BCUT2D eigenvalue weighted by Crippen LogP contribution is 2.38. The molecule has 5 N–H and O–H groups in total. The fraction of sp³-hybridized carbons (Fsp3) is 0.480. The number of rotatable bonds is 9. The van der Waals surface area contributed by atoms with Gasteiger partial charge in [-0.1, -0.05) is 35.3 Å². The summed E-state index contributed by atoms with van der Waals surface area (Å²) in [4.78, 5) is 15.8. The second-order valence-corrected chi connectivity index (χ2v) is 10.3. The molecule has 2 heterocycles. The summed E-state index contributed by atoms with van der Waals surface area (Å²) >= 11 is 12.2. The number of ether oxygens (including phenoxy) is 1. The molecule has 12 heteroatoms. The van der Waals surface area contributed by atoms with Crippen LogP contribution in [0.15, 0.2) is 36.4 Å². The lowest BCUT2D eigenvalue weighted by Gasteiger charge is -2.34. The van der Waals surface area contributed by atoms with Crippen molar-refractivity contribution in [3.05, 3.63) is 52.0 Å². The minimum atomic E-state index is -2.66. The molecular formula is C25H31Cl2F2N5O3. The van der Waals surface area contributed by atoms with Gasteiger partial charge >= 0.3 is 6.03 Å². The smallest absolute Gasteiger partial charge is 0.316 e. The van der Waals surface area contributed by atoms with Gasteiger partial charge in [0.1, 0.15) is 12.4 Å². The van der Waals surface area contributed by atoms with Gasteiger partial charge < -0.3 is 31.1 Å².